The van der Waals surface area contributed by atoms with Gasteiger partial charge in [-0.3, -0.25) is 9.36 Å². The van der Waals surface area contributed by atoms with E-state index in [1.54, 1.807) is 0 Å². The molecule has 3 rings (SSSR count). The van der Waals surface area contributed by atoms with E-state index >= 15 is 0 Å². The maximum Gasteiger partial charge on any atom is 0.0951 e. The minimum atomic E-state index is 0.747. The molecule has 0 bridgehead atoms. The molecule has 0 aliphatic heterocycles. The van der Waals surface area contributed by atoms with Crippen molar-refractivity contribution in [3.8, 4) is 11.3 Å². The number of hydrogen-bond acceptors (Lipinski definition) is 3. The van der Waals surface area contributed by atoms with Crippen LogP contribution in [0, 0.1) is 27.7 Å². The van der Waals surface area contributed by atoms with E-state index in [-0.39, 0.29) is 0 Å². The zero-order chi connectivity index (χ0) is 17.4. The Bertz CT molecular complexity index is 870. The third-order valence-electron chi connectivity index (χ3n) is 4.50. The summed E-state index contributed by atoms with van der Waals surface area (Å²) in [5, 5.41) is 9.86. The Balaban J connectivity index is 1.89. The lowest BCUT2D eigenvalue weighted by molar-refractivity contribution is 0.523. The van der Waals surface area contributed by atoms with E-state index < -0.39 is 0 Å². The average molecular weight is 347 g/mol. The summed E-state index contributed by atoms with van der Waals surface area (Å²) in [6.07, 6.45) is 3.77. The van der Waals surface area contributed by atoms with Crippen molar-refractivity contribution in [3.63, 3.8) is 0 Å². The van der Waals surface area contributed by atoms with Gasteiger partial charge in [0.2, 0.25) is 0 Å². The molecule has 0 spiro atoms. The molecule has 128 valence electrons. The Hall–Kier alpha value is -2.08. The molecule has 24 heavy (non-hydrogen) atoms. The van der Waals surface area contributed by atoms with Crippen molar-refractivity contribution in [1.82, 2.24) is 29.1 Å². The van der Waals surface area contributed by atoms with Crippen molar-refractivity contribution in [2.75, 3.05) is 0 Å². The highest BCUT2D eigenvalue weighted by Crippen LogP contribution is 2.27. The van der Waals surface area contributed by atoms with E-state index in [0.717, 1.165) is 47.4 Å². The fourth-order valence-electron chi connectivity index (χ4n) is 3.18. The first-order valence-electron chi connectivity index (χ1n) is 8.18. The second-order valence-corrected chi connectivity index (χ2v) is 6.42. The van der Waals surface area contributed by atoms with Crippen LogP contribution >= 0.6 is 11.6 Å². The average Bonchev–Trinajstić information content (AvgIpc) is 3.19. The number of aromatic nitrogens is 6. The van der Waals surface area contributed by atoms with Crippen LogP contribution in [-0.2, 0) is 19.6 Å². The van der Waals surface area contributed by atoms with Gasteiger partial charge in [-0.2, -0.15) is 10.2 Å². The molecule has 0 saturated carbocycles. The minimum absolute atomic E-state index is 0.747. The quantitative estimate of drug-likeness (QED) is 0.710. The molecule has 0 saturated heterocycles. The number of hydrogen-bond donors (Lipinski definition) is 0. The number of rotatable bonds is 5. The molecule has 6 nitrogen and oxygen atoms in total. The first-order valence-corrected chi connectivity index (χ1v) is 8.55. The zero-order valence-corrected chi connectivity index (χ0v) is 15.6. The van der Waals surface area contributed by atoms with Crippen molar-refractivity contribution in [2.24, 2.45) is 0 Å². The van der Waals surface area contributed by atoms with Crippen molar-refractivity contribution >= 4 is 11.6 Å². The van der Waals surface area contributed by atoms with Gasteiger partial charge < -0.3 is 4.57 Å². The Kier molecular flexibility index (Phi) is 4.49. The Labute approximate surface area is 147 Å². The summed E-state index contributed by atoms with van der Waals surface area (Å²) in [6, 6.07) is 0. The summed E-state index contributed by atoms with van der Waals surface area (Å²) in [5.41, 5.74) is 6.34. The van der Waals surface area contributed by atoms with Crippen LogP contribution in [0.15, 0.2) is 12.5 Å². The van der Waals surface area contributed by atoms with Crippen LogP contribution in [-0.4, -0.2) is 29.1 Å². The summed E-state index contributed by atoms with van der Waals surface area (Å²) < 4.78 is 6.14. The SMILES string of the molecule is CCn1nc(C)c(-c2cncn2CCn2nc(C)c(Cl)c2C)c1C. The highest BCUT2D eigenvalue weighted by atomic mass is 35.5. The normalized spacial score (nSPS) is 11.4. The highest BCUT2D eigenvalue weighted by Gasteiger charge is 2.17. The first kappa shape index (κ1) is 16.8. The fraction of sp³-hybridized carbons (Fsp3) is 0.471. The molecule has 3 heterocycles. The number of imidazole rings is 1. The molecule has 0 radical (unpaired) electrons. The van der Waals surface area contributed by atoms with Gasteiger partial charge >= 0.3 is 0 Å². The lowest BCUT2D eigenvalue weighted by atomic mass is 10.1. The van der Waals surface area contributed by atoms with Gasteiger partial charge in [0.1, 0.15) is 0 Å². The Morgan fingerprint density at radius 3 is 2.25 bits per heavy atom. The van der Waals surface area contributed by atoms with Gasteiger partial charge in [0, 0.05) is 24.3 Å². The molecule has 0 atom stereocenters. The summed E-state index contributed by atoms with van der Waals surface area (Å²) in [5.74, 6) is 0. The predicted molar refractivity (Wildman–Crippen MR) is 95.3 cm³/mol. The number of aryl methyl sites for hydroxylation is 5. The van der Waals surface area contributed by atoms with Crippen LogP contribution < -0.4 is 0 Å². The smallest absolute Gasteiger partial charge is 0.0951 e. The molecule has 0 amide bonds. The second-order valence-electron chi connectivity index (χ2n) is 6.04. The molecule has 0 fully saturated rings. The lowest BCUT2D eigenvalue weighted by Gasteiger charge is -2.10. The topological polar surface area (TPSA) is 53.5 Å². The third kappa shape index (κ3) is 2.75. The van der Waals surface area contributed by atoms with Crippen LogP contribution in [0.5, 0.6) is 0 Å². The van der Waals surface area contributed by atoms with Crippen molar-refractivity contribution in [3.05, 3.63) is 40.3 Å². The molecular formula is C17H23ClN6. The van der Waals surface area contributed by atoms with Crippen molar-refractivity contribution < 1.29 is 0 Å². The molecular weight excluding hydrogens is 324 g/mol. The fourth-order valence-corrected chi connectivity index (χ4v) is 3.31. The van der Waals surface area contributed by atoms with Gasteiger partial charge in [0.25, 0.3) is 0 Å². The number of nitrogens with zero attached hydrogens (tertiary/aromatic N) is 6. The maximum atomic E-state index is 6.23. The summed E-state index contributed by atoms with van der Waals surface area (Å²) >= 11 is 6.23. The Morgan fingerprint density at radius 2 is 1.67 bits per heavy atom. The van der Waals surface area contributed by atoms with Crippen LogP contribution in [0.2, 0.25) is 5.02 Å². The second kappa shape index (κ2) is 6.43. The van der Waals surface area contributed by atoms with E-state index in [0.29, 0.717) is 0 Å². The van der Waals surface area contributed by atoms with E-state index in [4.69, 9.17) is 11.6 Å². The van der Waals surface area contributed by atoms with Gasteiger partial charge in [0.15, 0.2) is 0 Å². The summed E-state index contributed by atoms with van der Waals surface area (Å²) in [7, 11) is 0. The van der Waals surface area contributed by atoms with Crippen molar-refractivity contribution in [2.45, 2.75) is 54.3 Å². The van der Waals surface area contributed by atoms with Gasteiger partial charge in [0.05, 0.1) is 46.9 Å². The van der Waals surface area contributed by atoms with Crippen molar-refractivity contribution in [1.29, 1.82) is 0 Å². The molecule has 0 aliphatic carbocycles. The van der Waals surface area contributed by atoms with Crippen LogP contribution in [0.1, 0.15) is 29.7 Å². The molecule has 3 aromatic rings. The molecule has 0 aromatic carbocycles. The largest absolute Gasteiger partial charge is 0.329 e. The van der Waals surface area contributed by atoms with Crippen LogP contribution in [0.25, 0.3) is 11.3 Å². The van der Waals surface area contributed by atoms with E-state index in [9.17, 15) is 0 Å². The molecule has 0 N–H and O–H groups in total. The van der Waals surface area contributed by atoms with Crippen LogP contribution in [0.4, 0.5) is 0 Å². The van der Waals surface area contributed by atoms with E-state index in [1.165, 1.54) is 11.3 Å². The zero-order valence-electron chi connectivity index (χ0n) is 14.8. The maximum absolute atomic E-state index is 6.23. The Morgan fingerprint density at radius 1 is 0.958 bits per heavy atom. The molecule has 0 unspecified atom stereocenters. The summed E-state index contributed by atoms with van der Waals surface area (Å²) in [4.78, 5) is 4.34. The van der Waals surface area contributed by atoms with E-state index in [1.807, 2.05) is 42.7 Å². The van der Waals surface area contributed by atoms with Gasteiger partial charge in [-0.15, -0.1) is 0 Å². The molecule has 7 heteroatoms. The van der Waals surface area contributed by atoms with Crippen LogP contribution in [0.3, 0.4) is 0 Å². The van der Waals surface area contributed by atoms with Gasteiger partial charge in [-0.25, -0.2) is 4.98 Å². The summed E-state index contributed by atoms with van der Waals surface area (Å²) in [6.45, 7) is 12.6. The minimum Gasteiger partial charge on any atom is -0.329 e. The predicted octanol–water partition coefficient (Wildman–Crippen LogP) is 3.55. The number of halogens is 1. The highest BCUT2D eigenvalue weighted by molar-refractivity contribution is 6.31. The van der Waals surface area contributed by atoms with E-state index in [2.05, 4.69) is 33.6 Å². The lowest BCUT2D eigenvalue weighted by Crippen LogP contribution is -2.10. The first-order chi connectivity index (χ1) is 11.4. The van der Waals surface area contributed by atoms with Gasteiger partial charge in [-0.05, 0) is 34.6 Å². The molecule has 3 aromatic heterocycles. The third-order valence-corrected chi connectivity index (χ3v) is 5.04. The standard InChI is InChI=1S/C17H23ClN6/c1-6-23-13(4)16(11(2)20-23)15-9-19-10-22(15)7-8-24-14(5)17(18)12(3)21-24/h9-10H,6-8H2,1-5H3. The monoisotopic (exact) mass is 346 g/mol. The molecule has 0 aliphatic rings. The van der Waals surface area contributed by atoms with Gasteiger partial charge in [-0.1, -0.05) is 11.6 Å².